The van der Waals surface area contributed by atoms with E-state index in [4.69, 9.17) is 5.73 Å². The van der Waals surface area contributed by atoms with Crippen LogP contribution in [-0.2, 0) is 23.4 Å². The van der Waals surface area contributed by atoms with Gasteiger partial charge < -0.3 is 10.3 Å². The van der Waals surface area contributed by atoms with Crippen molar-refractivity contribution in [2.45, 2.75) is 12.3 Å². The van der Waals surface area contributed by atoms with Gasteiger partial charge in [0.1, 0.15) is 5.82 Å². The SMILES string of the molecule is NCc1ccc(-c2cncn2-c2ccc(CS(=O)[O-])nc2)cc1F. The molecule has 1 aromatic carbocycles. The summed E-state index contributed by atoms with van der Waals surface area (Å²) in [5, 5.41) is 0. The topological polar surface area (TPSA) is 96.9 Å². The van der Waals surface area contributed by atoms with E-state index in [1.807, 2.05) is 0 Å². The molecule has 0 saturated heterocycles. The van der Waals surface area contributed by atoms with Crippen molar-refractivity contribution >= 4 is 11.1 Å². The molecule has 2 aromatic heterocycles. The fourth-order valence-corrected chi connectivity index (χ4v) is 2.76. The summed E-state index contributed by atoms with van der Waals surface area (Å²) >= 11 is -2.18. The molecule has 2 N–H and O–H groups in total. The van der Waals surface area contributed by atoms with Gasteiger partial charge in [-0.1, -0.05) is 12.1 Å². The average Bonchev–Trinajstić information content (AvgIpc) is 3.04. The molecule has 0 aliphatic heterocycles. The molecule has 8 heteroatoms. The van der Waals surface area contributed by atoms with Gasteiger partial charge in [-0.05, 0) is 29.3 Å². The highest BCUT2D eigenvalue weighted by molar-refractivity contribution is 7.78. The van der Waals surface area contributed by atoms with Crippen molar-refractivity contribution in [1.82, 2.24) is 14.5 Å². The molecular formula is C16H14FN4O2S-. The van der Waals surface area contributed by atoms with Gasteiger partial charge in [-0.25, -0.2) is 9.37 Å². The monoisotopic (exact) mass is 345 g/mol. The lowest BCUT2D eigenvalue weighted by atomic mass is 10.1. The maximum absolute atomic E-state index is 14.0. The van der Waals surface area contributed by atoms with E-state index in [-0.39, 0.29) is 18.1 Å². The third kappa shape index (κ3) is 3.40. The molecule has 2 heterocycles. The van der Waals surface area contributed by atoms with Crippen LogP contribution < -0.4 is 5.73 Å². The standard InChI is InChI=1S/C16H15FN4O2S/c17-15-5-11(1-2-12(15)6-18)16-8-19-10-21(16)14-4-3-13(20-7-14)9-24(22)23/h1-5,7-8,10H,6,9,18H2,(H,22,23)/p-1. The van der Waals surface area contributed by atoms with Gasteiger partial charge >= 0.3 is 0 Å². The third-order valence-electron chi connectivity index (χ3n) is 3.56. The lowest BCUT2D eigenvalue weighted by Crippen LogP contribution is -2.02. The number of halogens is 1. The second-order valence-electron chi connectivity index (χ2n) is 5.12. The molecular weight excluding hydrogens is 331 g/mol. The summed E-state index contributed by atoms with van der Waals surface area (Å²) < 4.78 is 37.1. The Balaban J connectivity index is 1.95. The molecule has 0 fully saturated rings. The van der Waals surface area contributed by atoms with Crippen LogP contribution >= 0.6 is 0 Å². The van der Waals surface area contributed by atoms with Crippen molar-refractivity contribution in [3.8, 4) is 16.9 Å². The van der Waals surface area contributed by atoms with E-state index in [2.05, 4.69) is 9.97 Å². The van der Waals surface area contributed by atoms with E-state index in [9.17, 15) is 13.2 Å². The smallest absolute Gasteiger partial charge is 0.128 e. The van der Waals surface area contributed by atoms with Crippen LogP contribution in [0.25, 0.3) is 16.9 Å². The van der Waals surface area contributed by atoms with Crippen LogP contribution in [0.5, 0.6) is 0 Å². The molecule has 0 spiro atoms. The molecule has 0 saturated carbocycles. The van der Waals surface area contributed by atoms with E-state index in [0.29, 0.717) is 28.2 Å². The maximum Gasteiger partial charge on any atom is 0.128 e. The molecule has 3 rings (SSSR count). The Hall–Kier alpha value is -2.42. The molecule has 3 aromatic rings. The van der Waals surface area contributed by atoms with E-state index >= 15 is 0 Å². The van der Waals surface area contributed by atoms with E-state index in [1.54, 1.807) is 47.6 Å². The molecule has 24 heavy (non-hydrogen) atoms. The van der Waals surface area contributed by atoms with Gasteiger partial charge in [-0.15, -0.1) is 0 Å². The van der Waals surface area contributed by atoms with E-state index in [0.717, 1.165) is 0 Å². The summed E-state index contributed by atoms with van der Waals surface area (Å²) in [6, 6.07) is 8.21. The minimum absolute atomic E-state index is 0.136. The van der Waals surface area contributed by atoms with Gasteiger partial charge in [-0.3, -0.25) is 13.8 Å². The Morgan fingerprint density at radius 1 is 1.25 bits per heavy atom. The molecule has 0 aliphatic rings. The quantitative estimate of drug-likeness (QED) is 0.713. The number of rotatable bonds is 5. The second kappa shape index (κ2) is 7.00. The number of imidazole rings is 1. The van der Waals surface area contributed by atoms with Crippen molar-refractivity contribution in [1.29, 1.82) is 0 Å². The fraction of sp³-hybridized carbons (Fsp3) is 0.125. The van der Waals surface area contributed by atoms with E-state index in [1.165, 1.54) is 6.07 Å². The first kappa shape index (κ1) is 16.4. The van der Waals surface area contributed by atoms with Gasteiger partial charge in [0.15, 0.2) is 0 Å². The first-order valence-corrected chi connectivity index (χ1v) is 8.35. The zero-order valence-corrected chi connectivity index (χ0v) is 13.4. The molecule has 0 bridgehead atoms. The molecule has 124 valence electrons. The van der Waals surface area contributed by atoms with Crippen LogP contribution in [0.4, 0.5) is 4.39 Å². The average molecular weight is 345 g/mol. The zero-order valence-electron chi connectivity index (χ0n) is 12.6. The fourth-order valence-electron chi connectivity index (χ4n) is 2.35. The number of pyridine rings is 1. The minimum Gasteiger partial charge on any atom is -0.772 e. The molecule has 1 atom stereocenters. The number of benzene rings is 1. The summed E-state index contributed by atoms with van der Waals surface area (Å²) in [4.78, 5) is 8.23. The van der Waals surface area contributed by atoms with Crippen molar-refractivity contribution < 1.29 is 13.2 Å². The van der Waals surface area contributed by atoms with Crippen LogP contribution in [0.1, 0.15) is 11.3 Å². The molecule has 0 amide bonds. The molecule has 0 radical (unpaired) electrons. The first-order valence-electron chi connectivity index (χ1n) is 7.11. The summed E-state index contributed by atoms with van der Waals surface area (Å²) in [5.41, 5.74) is 8.43. The number of hydrogen-bond donors (Lipinski definition) is 1. The molecule has 0 aliphatic carbocycles. The molecule has 1 unspecified atom stereocenters. The van der Waals surface area contributed by atoms with Crippen LogP contribution in [-0.4, -0.2) is 23.3 Å². The Kier molecular flexibility index (Phi) is 4.79. The second-order valence-corrected chi connectivity index (χ2v) is 6.01. The highest BCUT2D eigenvalue weighted by atomic mass is 32.2. The normalized spacial score (nSPS) is 12.3. The third-order valence-corrected chi connectivity index (χ3v) is 4.09. The number of nitrogens with two attached hydrogens (primary N) is 1. The van der Waals surface area contributed by atoms with Crippen LogP contribution in [0.15, 0.2) is 49.1 Å². The Labute approximate surface area is 140 Å². The van der Waals surface area contributed by atoms with Gasteiger partial charge in [0.05, 0.1) is 41.5 Å². The van der Waals surface area contributed by atoms with Gasteiger partial charge in [0, 0.05) is 17.7 Å². The molecule has 6 nitrogen and oxygen atoms in total. The van der Waals surface area contributed by atoms with Crippen molar-refractivity contribution in [2.24, 2.45) is 5.73 Å². The van der Waals surface area contributed by atoms with Gasteiger partial charge in [0.2, 0.25) is 0 Å². The van der Waals surface area contributed by atoms with Gasteiger partial charge in [-0.2, -0.15) is 0 Å². The van der Waals surface area contributed by atoms with Crippen LogP contribution in [0.3, 0.4) is 0 Å². The summed E-state index contributed by atoms with van der Waals surface area (Å²) in [5.74, 6) is -0.503. The predicted octanol–water partition coefficient (Wildman–Crippen LogP) is 1.91. The number of hydrogen-bond acceptors (Lipinski definition) is 5. The Morgan fingerprint density at radius 2 is 2.08 bits per heavy atom. The van der Waals surface area contributed by atoms with Crippen LogP contribution in [0.2, 0.25) is 0 Å². The summed E-state index contributed by atoms with van der Waals surface area (Å²) in [7, 11) is 0. The minimum atomic E-state index is -2.18. The lowest BCUT2D eigenvalue weighted by Gasteiger charge is -2.10. The summed E-state index contributed by atoms with van der Waals surface area (Å²) in [6.07, 6.45) is 4.77. The largest absolute Gasteiger partial charge is 0.772 e. The lowest BCUT2D eigenvalue weighted by molar-refractivity contribution is 0.535. The van der Waals surface area contributed by atoms with Crippen LogP contribution in [0, 0.1) is 5.82 Å². The summed E-state index contributed by atoms with van der Waals surface area (Å²) in [6.45, 7) is 0.137. The van der Waals surface area contributed by atoms with Crippen molar-refractivity contribution in [3.05, 3.63) is 66.1 Å². The highest BCUT2D eigenvalue weighted by Gasteiger charge is 2.10. The van der Waals surface area contributed by atoms with Crippen molar-refractivity contribution in [3.63, 3.8) is 0 Å². The van der Waals surface area contributed by atoms with E-state index < -0.39 is 11.1 Å². The maximum atomic E-state index is 14.0. The Bertz CT molecular complexity index is 880. The van der Waals surface area contributed by atoms with Gasteiger partial charge in [0.25, 0.3) is 0 Å². The van der Waals surface area contributed by atoms with Crippen molar-refractivity contribution in [2.75, 3.05) is 0 Å². The number of nitrogens with zero attached hydrogens (tertiary/aromatic N) is 3. The first-order chi connectivity index (χ1) is 11.6. The number of aromatic nitrogens is 3. The predicted molar refractivity (Wildman–Crippen MR) is 87.3 cm³/mol. The zero-order chi connectivity index (χ0) is 17.1. The Morgan fingerprint density at radius 3 is 2.71 bits per heavy atom. The highest BCUT2D eigenvalue weighted by Crippen LogP contribution is 2.24.